The third-order valence-electron chi connectivity index (χ3n) is 3.96. The second-order valence-electron chi connectivity index (χ2n) is 6.24. The number of hydrogen-bond donors (Lipinski definition) is 1. The first kappa shape index (κ1) is 18.6. The summed E-state index contributed by atoms with van der Waals surface area (Å²) in [5.41, 5.74) is 2.04. The van der Waals surface area contributed by atoms with Crippen LogP contribution in [0, 0.1) is 6.92 Å². The van der Waals surface area contributed by atoms with Crippen LogP contribution in [0.2, 0.25) is 0 Å². The van der Waals surface area contributed by atoms with E-state index >= 15 is 0 Å². The minimum absolute atomic E-state index is 0.00867. The number of carbonyl (C=O) groups excluding carboxylic acids is 1. The summed E-state index contributed by atoms with van der Waals surface area (Å²) in [6.45, 7) is 2.94. The average molecular weight is 365 g/mol. The van der Waals surface area contributed by atoms with Gasteiger partial charge in [0, 0.05) is 18.4 Å². The van der Waals surface area contributed by atoms with E-state index in [1.54, 1.807) is 0 Å². The minimum Gasteiger partial charge on any atom is -0.492 e. The van der Waals surface area contributed by atoms with E-state index in [-0.39, 0.29) is 5.91 Å². The van der Waals surface area contributed by atoms with Crippen LogP contribution < -0.4 is 10.1 Å². The van der Waals surface area contributed by atoms with Crippen molar-refractivity contribution in [2.45, 2.75) is 26.2 Å². The lowest BCUT2D eigenvalue weighted by atomic mass is 10.2. The van der Waals surface area contributed by atoms with Gasteiger partial charge in [0.05, 0.1) is 6.54 Å². The number of aryl methyl sites for hydroxylation is 2. The molecule has 1 heterocycles. The summed E-state index contributed by atoms with van der Waals surface area (Å²) in [5, 5.41) is 10.9. The molecule has 0 bridgehead atoms. The lowest BCUT2D eigenvalue weighted by Crippen LogP contribution is -2.27. The van der Waals surface area contributed by atoms with Crippen molar-refractivity contribution < 1.29 is 13.9 Å². The number of ether oxygens (including phenoxy) is 1. The SMILES string of the molecule is Cc1cccc(OCCNC(=O)CCCc2nnc(-c3ccccc3)o2)c1. The maximum absolute atomic E-state index is 11.9. The Labute approximate surface area is 158 Å². The van der Waals surface area contributed by atoms with Gasteiger partial charge in [-0.25, -0.2) is 0 Å². The zero-order chi connectivity index (χ0) is 18.9. The summed E-state index contributed by atoms with van der Waals surface area (Å²) >= 11 is 0. The molecule has 1 N–H and O–H groups in total. The largest absolute Gasteiger partial charge is 0.492 e. The minimum atomic E-state index is -0.00867. The number of carbonyl (C=O) groups is 1. The highest BCUT2D eigenvalue weighted by Crippen LogP contribution is 2.17. The molecule has 0 spiro atoms. The molecular weight excluding hydrogens is 342 g/mol. The van der Waals surface area contributed by atoms with Crippen molar-refractivity contribution in [2.75, 3.05) is 13.2 Å². The van der Waals surface area contributed by atoms with Crippen LogP contribution in [-0.2, 0) is 11.2 Å². The average Bonchev–Trinajstić information content (AvgIpc) is 3.15. The second-order valence-corrected chi connectivity index (χ2v) is 6.24. The summed E-state index contributed by atoms with van der Waals surface area (Å²) < 4.78 is 11.2. The van der Waals surface area contributed by atoms with Crippen LogP contribution in [0.1, 0.15) is 24.3 Å². The molecule has 6 heteroatoms. The normalized spacial score (nSPS) is 10.6. The molecule has 6 nitrogen and oxygen atoms in total. The monoisotopic (exact) mass is 365 g/mol. The predicted octanol–water partition coefficient (Wildman–Crippen LogP) is 3.56. The van der Waals surface area contributed by atoms with Crippen LogP contribution in [0.4, 0.5) is 0 Å². The molecule has 0 saturated heterocycles. The van der Waals surface area contributed by atoms with Gasteiger partial charge in [-0.05, 0) is 43.2 Å². The highest BCUT2D eigenvalue weighted by atomic mass is 16.5. The number of rotatable bonds is 9. The highest BCUT2D eigenvalue weighted by Gasteiger charge is 2.09. The quantitative estimate of drug-likeness (QED) is 0.587. The van der Waals surface area contributed by atoms with Crippen LogP contribution >= 0.6 is 0 Å². The summed E-state index contributed by atoms with van der Waals surface area (Å²) in [4.78, 5) is 11.9. The Bertz CT molecular complexity index is 862. The van der Waals surface area contributed by atoms with Crippen molar-refractivity contribution in [1.82, 2.24) is 15.5 Å². The van der Waals surface area contributed by atoms with E-state index in [2.05, 4.69) is 15.5 Å². The van der Waals surface area contributed by atoms with Gasteiger partial charge in [-0.15, -0.1) is 10.2 Å². The fourth-order valence-corrected chi connectivity index (χ4v) is 2.61. The maximum atomic E-state index is 11.9. The van der Waals surface area contributed by atoms with Gasteiger partial charge in [0.25, 0.3) is 0 Å². The first-order valence-electron chi connectivity index (χ1n) is 9.05. The zero-order valence-electron chi connectivity index (χ0n) is 15.4. The summed E-state index contributed by atoms with van der Waals surface area (Å²) in [5.74, 6) is 1.85. The molecule has 0 unspecified atom stereocenters. The van der Waals surface area contributed by atoms with E-state index in [1.165, 1.54) is 0 Å². The molecule has 3 rings (SSSR count). The molecule has 0 saturated carbocycles. The van der Waals surface area contributed by atoms with Crippen molar-refractivity contribution in [2.24, 2.45) is 0 Å². The zero-order valence-corrected chi connectivity index (χ0v) is 15.4. The predicted molar refractivity (Wildman–Crippen MR) is 102 cm³/mol. The molecule has 0 aliphatic carbocycles. The Morgan fingerprint density at radius 3 is 2.78 bits per heavy atom. The van der Waals surface area contributed by atoms with Gasteiger partial charge in [0.2, 0.25) is 17.7 Å². The van der Waals surface area contributed by atoms with Crippen molar-refractivity contribution in [1.29, 1.82) is 0 Å². The number of hydrogen-bond acceptors (Lipinski definition) is 5. The van der Waals surface area contributed by atoms with Crippen LogP contribution in [0.5, 0.6) is 5.75 Å². The molecule has 0 aliphatic heterocycles. The first-order chi connectivity index (χ1) is 13.2. The van der Waals surface area contributed by atoms with Gasteiger partial charge < -0.3 is 14.5 Å². The lowest BCUT2D eigenvalue weighted by Gasteiger charge is -2.08. The highest BCUT2D eigenvalue weighted by molar-refractivity contribution is 5.75. The topological polar surface area (TPSA) is 77.2 Å². The van der Waals surface area contributed by atoms with Crippen molar-refractivity contribution in [3.63, 3.8) is 0 Å². The van der Waals surface area contributed by atoms with E-state index in [9.17, 15) is 4.79 Å². The molecule has 27 heavy (non-hydrogen) atoms. The molecule has 2 aromatic carbocycles. The molecule has 1 amide bonds. The van der Waals surface area contributed by atoms with Gasteiger partial charge in [-0.2, -0.15) is 0 Å². The summed E-state index contributed by atoms with van der Waals surface area (Å²) in [7, 11) is 0. The maximum Gasteiger partial charge on any atom is 0.247 e. The van der Waals surface area contributed by atoms with Gasteiger partial charge >= 0.3 is 0 Å². The summed E-state index contributed by atoms with van der Waals surface area (Å²) in [6.07, 6.45) is 1.64. The Morgan fingerprint density at radius 1 is 1.11 bits per heavy atom. The van der Waals surface area contributed by atoms with E-state index in [1.807, 2.05) is 61.5 Å². The third-order valence-corrected chi connectivity index (χ3v) is 3.96. The number of nitrogens with zero attached hydrogens (tertiary/aromatic N) is 2. The van der Waals surface area contributed by atoms with Crippen LogP contribution in [0.15, 0.2) is 59.0 Å². The van der Waals surface area contributed by atoms with Crippen molar-refractivity contribution in [3.05, 3.63) is 66.1 Å². The first-order valence-corrected chi connectivity index (χ1v) is 9.05. The molecule has 1 aromatic heterocycles. The second kappa shape index (κ2) is 9.52. The Balaban J connectivity index is 1.32. The van der Waals surface area contributed by atoms with Crippen LogP contribution in [0.3, 0.4) is 0 Å². The number of benzene rings is 2. The molecule has 3 aromatic rings. The number of aromatic nitrogens is 2. The van der Waals surface area contributed by atoms with Gasteiger partial charge in [0.1, 0.15) is 12.4 Å². The van der Waals surface area contributed by atoms with Crippen molar-refractivity contribution >= 4 is 5.91 Å². The Kier molecular flexibility index (Phi) is 6.57. The summed E-state index contributed by atoms with van der Waals surface area (Å²) in [6, 6.07) is 17.5. The van der Waals surface area contributed by atoms with E-state index in [0.29, 0.717) is 44.2 Å². The van der Waals surface area contributed by atoms with Crippen LogP contribution in [0.25, 0.3) is 11.5 Å². The molecule has 0 aliphatic rings. The van der Waals surface area contributed by atoms with E-state index < -0.39 is 0 Å². The third kappa shape index (κ3) is 5.95. The lowest BCUT2D eigenvalue weighted by molar-refractivity contribution is -0.121. The van der Waals surface area contributed by atoms with Gasteiger partial charge in [-0.3, -0.25) is 4.79 Å². The molecule has 140 valence electrons. The molecule has 0 radical (unpaired) electrons. The Hall–Kier alpha value is -3.15. The standard InChI is InChI=1S/C21H23N3O3/c1-16-7-5-10-18(15-16)26-14-13-22-19(25)11-6-12-20-23-24-21(27-20)17-8-3-2-4-9-17/h2-5,7-10,15H,6,11-14H2,1H3,(H,22,25). The number of nitrogens with one attached hydrogen (secondary N) is 1. The van der Waals surface area contributed by atoms with Crippen LogP contribution in [-0.4, -0.2) is 29.3 Å². The van der Waals surface area contributed by atoms with Crippen molar-refractivity contribution in [3.8, 4) is 17.2 Å². The van der Waals surface area contributed by atoms with E-state index in [4.69, 9.17) is 9.15 Å². The molecular formula is C21H23N3O3. The number of amides is 1. The fraction of sp³-hybridized carbons (Fsp3) is 0.286. The fourth-order valence-electron chi connectivity index (χ4n) is 2.61. The molecule has 0 fully saturated rings. The van der Waals surface area contributed by atoms with E-state index in [0.717, 1.165) is 16.9 Å². The van der Waals surface area contributed by atoms with Gasteiger partial charge in [0.15, 0.2) is 0 Å². The Morgan fingerprint density at radius 2 is 1.96 bits per heavy atom. The molecule has 0 atom stereocenters. The van der Waals surface area contributed by atoms with Gasteiger partial charge in [-0.1, -0.05) is 30.3 Å². The smallest absolute Gasteiger partial charge is 0.247 e.